The lowest BCUT2D eigenvalue weighted by atomic mass is 9.85. The van der Waals surface area contributed by atoms with Crippen LogP contribution in [-0.4, -0.2) is 13.7 Å². The summed E-state index contributed by atoms with van der Waals surface area (Å²) in [6.45, 7) is 5.52. The highest BCUT2D eigenvalue weighted by molar-refractivity contribution is 6.34. The van der Waals surface area contributed by atoms with Crippen molar-refractivity contribution in [2.75, 3.05) is 13.7 Å². The van der Waals surface area contributed by atoms with E-state index in [1.807, 2.05) is 12.1 Å². The standard InChI is InChI=1S/C17H25Cl2NO/c1-4-8-20-17(12-7-5-6-11(12)2)13-9-15(19)16(21-3)10-14(13)18/h9-12,17,20H,4-8H2,1-3H3. The van der Waals surface area contributed by atoms with E-state index in [1.54, 1.807) is 7.11 Å². The highest BCUT2D eigenvalue weighted by atomic mass is 35.5. The number of halogens is 2. The van der Waals surface area contributed by atoms with E-state index in [2.05, 4.69) is 19.2 Å². The molecule has 0 heterocycles. The van der Waals surface area contributed by atoms with Crippen LogP contribution in [0.2, 0.25) is 10.0 Å². The molecule has 1 N–H and O–H groups in total. The molecule has 2 rings (SSSR count). The van der Waals surface area contributed by atoms with Gasteiger partial charge in [-0.15, -0.1) is 0 Å². The maximum Gasteiger partial charge on any atom is 0.138 e. The molecule has 21 heavy (non-hydrogen) atoms. The van der Waals surface area contributed by atoms with Gasteiger partial charge in [-0.1, -0.05) is 49.9 Å². The van der Waals surface area contributed by atoms with Crippen LogP contribution in [0.3, 0.4) is 0 Å². The number of rotatable bonds is 6. The van der Waals surface area contributed by atoms with Crippen LogP contribution in [0.1, 0.15) is 51.1 Å². The quantitative estimate of drug-likeness (QED) is 0.746. The van der Waals surface area contributed by atoms with E-state index >= 15 is 0 Å². The van der Waals surface area contributed by atoms with Gasteiger partial charge < -0.3 is 10.1 Å². The van der Waals surface area contributed by atoms with E-state index in [1.165, 1.54) is 19.3 Å². The minimum absolute atomic E-state index is 0.276. The van der Waals surface area contributed by atoms with Gasteiger partial charge in [-0.3, -0.25) is 0 Å². The summed E-state index contributed by atoms with van der Waals surface area (Å²) in [7, 11) is 1.61. The Labute approximate surface area is 138 Å². The Morgan fingerprint density at radius 2 is 2.05 bits per heavy atom. The molecular weight excluding hydrogens is 305 g/mol. The summed E-state index contributed by atoms with van der Waals surface area (Å²) >= 11 is 12.8. The molecule has 1 saturated carbocycles. The fourth-order valence-corrected chi connectivity index (χ4v) is 3.92. The van der Waals surface area contributed by atoms with Crippen LogP contribution in [0, 0.1) is 11.8 Å². The van der Waals surface area contributed by atoms with Gasteiger partial charge in [-0.25, -0.2) is 0 Å². The summed E-state index contributed by atoms with van der Waals surface area (Å²) in [5.74, 6) is 1.98. The zero-order chi connectivity index (χ0) is 15.4. The second-order valence-corrected chi connectivity index (χ2v) is 6.83. The molecule has 1 aliphatic rings. The number of methoxy groups -OCH3 is 1. The first-order valence-electron chi connectivity index (χ1n) is 7.84. The second kappa shape index (κ2) is 7.71. The van der Waals surface area contributed by atoms with E-state index in [-0.39, 0.29) is 6.04 Å². The van der Waals surface area contributed by atoms with Crippen LogP contribution in [0.5, 0.6) is 5.75 Å². The topological polar surface area (TPSA) is 21.3 Å². The van der Waals surface area contributed by atoms with E-state index in [4.69, 9.17) is 27.9 Å². The van der Waals surface area contributed by atoms with E-state index < -0.39 is 0 Å². The predicted molar refractivity (Wildman–Crippen MR) is 90.6 cm³/mol. The highest BCUT2D eigenvalue weighted by Gasteiger charge is 2.33. The number of hydrogen-bond donors (Lipinski definition) is 1. The Bertz CT molecular complexity index is 478. The molecule has 0 radical (unpaired) electrons. The third kappa shape index (κ3) is 3.85. The summed E-state index contributed by atoms with van der Waals surface area (Å²) < 4.78 is 5.25. The third-order valence-corrected chi connectivity index (χ3v) is 5.20. The molecule has 0 spiro atoms. The first kappa shape index (κ1) is 16.9. The van der Waals surface area contributed by atoms with Gasteiger partial charge in [-0.05, 0) is 42.9 Å². The summed E-state index contributed by atoms with van der Waals surface area (Å²) in [5.41, 5.74) is 1.11. The Balaban J connectivity index is 2.33. The molecule has 4 heteroatoms. The van der Waals surface area contributed by atoms with Gasteiger partial charge in [0.05, 0.1) is 12.1 Å². The smallest absolute Gasteiger partial charge is 0.138 e. The van der Waals surface area contributed by atoms with Crippen LogP contribution in [0.15, 0.2) is 12.1 Å². The van der Waals surface area contributed by atoms with Crippen molar-refractivity contribution >= 4 is 23.2 Å². The van der Waals surface area contributed by atoms with Gasteiger partial charge in [0, 0.05) is 17.1 Å². The zero-order valence-corrected chi connectivity index (χ0v) is 14.6. The van der Waals surface area contributed by atoms with E-state index in [0.717, 1.165) is 29.5 Å². The monoisotopic (exact) mass is 329 g/mol. The van der Waals surface area contributed by atoms with Crippen molar-refractivity contribution < 1.29 is 4.74 Å². The number of hydrogen-bond acceptors (Lipinski definition) is 2. The van der Waals surface area contributed by atoms with Crippen molar-refractivity contribution in [1.29, 1.82) is 0 Å². The van der Waals surface area contributed by atoms with Crippen LogP contribution < -0.4 is 10.1 Å². The molecule has 1 aromatic carbocycles. The van der Waals surface area contributed by atoms with Crippen molar-refractivity contribution in [1.82, 2.24) is 5.32 Å². The lowest BCUT2D eigenvalue weighted by Crippen LogP contribution is -2.30. The van der Waals surface area contributed by atoms with Crippen LogP contribution in [-0.2, 0) is 0 Å². The van der Waals surface area contributed by atoms with E-state index in [9.17, 15) is 0 Å². The minimum Gasteiger partial charge on any atom is -0.495 e. The van der Waals surface area contributed by atoms with Crippen LogP contribution in [0.25, 0.3) is 0 Å². The Kier molecular flexibility index (Phi) is 6.21. The molecule has 0 amide bonds. The Morgan fingerprint density at radius 1 is 1.29 bits per heavy atom. The van der Waals surface area contributed by atoms with Crippen LogP contribution >= 0.6 is 23.2 Å². The second-order valence-electron chi connectivity index (χ2n) is 6.01. The van der Waals surface area contributed by atoms with Gasteiger partial charge in [-0.2, -0.15) is 0 Å². The van der Waals surface area contributed by atoms with Crippen molar-refractivity contribution in [3.05, 3.63) is 27.7 Å². The average Bonchev–Trinajstić information content (AvgIpc) is 2.88. The summed E-state index contributed by atoms with van der Waals surface area (Å²) in [5, 5.41) is 5.05. The minimum atomic E-state index is 0.276. The van der Waals surface area contributed by atoms with Crippen molar-refractivity contribution in [3.8, 4) is 5.75 Å². The van der Waals surface area contributed by atoms with Gasteiger partial charge in [0.2, 0.25) is 0 Å². The fourth-order valence-electron chi connectivity index (χ4n) is 3.40. The first-order valence-corrected chi connectivity index (χ1v) is 8.60. The highest BCUT2D eigenvalue weighted by Crippen LogP contribution is 2.43. The van der Waals surface area contributed by atoms with Crippen molar-refractivity contribution in [2.45, 2.75) is 45.6 Å². The zero-order valence-electron chi connectivity index (χ0n) is 13.1. The molecular formula is C17H25Cl2NO. The molecule has 1 aliphatic carbocycles. The average molecular weight is 330 g/mol. The number of nitrogens with one attached hydrogen (secondary N) is 1. The van der Waals surface area contributed by atoms with Crippen molar-refractivity contribution in [2.24, 2.45) is 11.8 Å². The van der Waals surface area contributed by atoms with Crippen LogP contribution in [0.4, 0.5) is 0 Å². The van der Waals surface area contributed by atoms with Gasteiger partial charge in [0.25, 0.3) is 0 Å². The molecule has 3 unspecified atom stereocenters. The summed E-state index contributed by atoms with van der Waals surface area (Å²) in [6, 6.07) is 4.08. The Morgan fingerprint density at radius 3 is 2.62 bits per heavy atom. The number of benzene rings is 1. The molecule has 0 aromatic heterocycles. The maximum absolute atomic E-state index is 6.50. The van der Waals surface area contributed by atoms with Crippen molar-refractivity contribution in [3.63, 3.8) is 0 Å². The molecule has 0 aliphatic heterocycles. The largest absolute Gasteiger partial charge is 0.495 e. The van der Waals surface area contributed by atoms with Gasteiger partial charge >= 0.3 is 0 Å². The molecule has 2 nitrogen and oxygen atoms in total. The fraction of sp³-hybridized carbons (Fsp3) is 0.647. The molecule has 1 fully saturated rings. The third-order valence-electron chi connectivity index (χ3n) is 4.58. The lowest BCUT2D eigenvalue weighted by Gasteiger charge is -2.29. The number of ether oxygens (including phenoxy) is 1. The molecule has 0 saturated heterocycles. The molecule has 1 aromatic rings. The molecule has 118 valence electrons. The summed E-state index contributed by atoms with van der Waals surface area (Å²) in [4.78, 5) is 0. The molecule has 0 bridgehead atoms. The van der Waals surface area contributed by atoms with Gasteiger partial charge in [0.15, 0.2) is 0 Å². The predicted octanol–water partition coefficient (Wildman–Crippen LogP) is 5.48. The van der Waals surface area contributed by atoms with E-state index in [0.29, 0.717) is 16.7 Å². The maximum atomic E-state index is 6.50. The normalized spacial score (nSPS) is 23.3. The first-order chi connectivity index (χ1) is 10.1. The lowest BCUT2D eigenvalue weighted by molar-refractivity contribution is 0.302. The summed E-state index contributed by atoms with van der Waals surface area (Å²) in [6.07, 6.45) is 4.97. The SMILES string of the molecule is CCCNC(c1cc(Cl)c(OC)cc1Cl)C1CCCC1C. The molecule has 3 atom stereocenters. The van der Waals surface area contributed by atoms with Gasteiger partial charge in [0.1, 0.15) is 5.75 Å². The Hall–Kier alpha value is -0.440.